The number of nitriles is 1. The zero-order valence-electron chi connectivity index (χ0n) is 16.3. The summed E-state index contributed by atoms with van der Waals surface area (Å²) in [6.45, 7) is 7.24. The molecule has 4 aliphatic carbocycles. The number of epoxide rings is 1. The van der Waals surface area contributed by atoms with Crippen LogP contribution in [0.5, 0.6) is 0 Å². The maximum atomic E-state index is 12.0. The highest BCUT2D eigenvalue weighted by atomic mass is 16.6. The number of rotatable bonds is 2. The summed E-state index contributed by atoms with van der Waals surface area (Å²) in [5.41, 5.74) is 1.88. The van der Waals surface area contributed by atoms with E-state index >= 15 is 0 Å². The first-order valence-corrected chi connectivity index (χ1v) is 10.7. The minimum absolute atomic E-state index is 0.175. The highest BCUT2D eigenvalue weighted by Gasteiger charge is 2.69. The van der Waals surface area contributed by atoms with Crippen molar-refractivity contribution in [3.63, 3.8) is 0 Å². The first kappa shape index (κ1) is 17.0. The molecule has 26 heavy (non-hydrogen) atoms. The third-order valence-electron chi connectivity index (χ3n) is 9.40. The average molecular weight is 354 g/mol. The van der Waals surface area contributed by atoms with Crippen LogP contribution in [0.4, 0.5) is 0 Å². The first-order chi connectivity index (χ1) is 12.4. The molecule has 3 heteroatoms. The molecule has 3 saturated carbocycles. The minimum atomic E-state index is 0.175. The van der Waals surface area contributed by atoms with Crippen LogP contribution in [-0.4, -0.2) is 18.0 Å². The summed E-state index contributed by atoms with van der Waals surface area (Å²) < 4.78 is 6.25. The summed E-state index contributed by atoms with van der Waals surface area (Å²) >= 11 is 0. The third-order valence-corrected chi connectivity index (χ3v) is 9.40. The Labute approximate surface area is 157 Å². The van der Waals surface area contributed by atoms with E-state index in [0.717, 1.165) is 12.3 Å². The molecule has 0 spiro atoms. The van der Waals surface area contributed by atoms with Crippen molar-refractivity contribution in [3.05, 3.63) is 11.6 Å². The van der Waals surface area contributed by atoms with Gasteiger partial charge in [-0.1, -0.05) is 20.8 Å². The highest BCUT2D eigenvalue weighted by molar-refractivity contribution is 5.92. The van der Waals surface area contributed by atoms with E-state index in [1.54, 1.807) is 0 Å². The fourth-order valence-electron chi connectivity index (χ4n) is 8.07. The van der Waals surface area contributed by atoms with Gasteiger partial charge in [0.15, 0.2) is 5.78 Å². The van der Waals surface area contributed by atoms with E-state index in [1.807, 2.05) is 6.08 Å². The number of carbonyl (C=O) groups excluding carboxylic acids is 1. The molecule has 1 aliphatic heterocycles. The maximum absolute atomic E-state index is 12.0. The largest absolute Gasteiger partial charge is 0.365 e. The molecule has 3 nitrogen and oxygen atoms in total. The van der Waals surface area contributed by atoms with Crippen LogP contribution in [0.25, 0.3) is 0 Å². The first-order valence-electron chi connectivity index (χ1n) is 10.7. The Kier molecular flexibility index (Phi) is 3.56. The summed E-state index contributed by atoms with van der Waals surface area (Å²) in [7, 11) is 0. The molecule has 0 amide bonds. The standard InChI is InChI=1S/C23H31NO2/c1-13(8-11-24)15-4-5-16-19-17(7-10-22(15,16)2)23(3)9-6-14(25)12-18(23)20-21(19)26-20/h12-13,15-17,19-21H,4-10H2,1-3H3/t13-,15-,16?,17?,19?,20-,21+,22-,23-/m1/s1. The van der Waals surface area contributed by atoms with Crippen molar-refractivity contribution in [2.24, 2.45) is 40.4 Å². The van der Waals surface area contributed by atoms with E-state index in [1.165, 1.54) is 31.3 Å². The van der Waals surface area contributed by atoms with Gasteiger partial charge in [0.2, 0.25) is 0 Å². The number of hydrogen-bond acceptors (Lipinski definition) is 3. The van der Waals surface area contributed by atoms with Crippen molar-refractivity contribution >= 4 is 5.78 Å². The molecule has 1 heterocycles. The third kappa shape index (κ3) is 2.06. The predicted molar refractivity (Wildman–Crippen MR) is 99.0 cm³/mol. The molecular weight excluding hydrogens is 322 g/mol. The number of nitrogens with zero attached hydrogens (tertiary/aromatic N) is 1. The van der Waals surface area contributed by atoms with Crippen LogP contribution in [0.2, 0.25) is 0 Å². The van der Waals surface area contributed by atoms with E-state index in [2.05, 4.69) is 26.8 Å². The van der Waals surface area contributed by atoms with Crippen molar-refractivity contribution in [2.75, 3.05) is 0 Å². The van der Waals surface area contributed by atoms with E-state index in [4.69, 9.17) is 4.74 Å². The van der Waals surface area contributed by atoms with Gasteiger partial charge in [-0.25, -0.2) is 0 Å². The van der Waals surface area contributed by atoms with Crippen molar-refractivity contribution in [3.8, 4) is 6.07 Å². The van der Waals surface area contributed by atoms with Gasteiger partial charge in [0.05, 0.1) is 12.2 Å². The summed E-state index contributed by atoms with van der Waals surface area (Å²) in [6, 6.07) is 2.41. The molecule has 0 aromatic carbocycles. The van der Waals surface area contributed by atoms with Crippen LogP contribution in [0.3, 0.4) is 0 Å². The molecule has 0 aromatic rings. The molecule has 0 bridgehead atoms. The Balaban J connectivity index is 1.49. The molecule has 5 rings (SSSR count). The van der Waals surface area contributed by atoms with Gasteiger partial charge in [0.25, 0.3) is 0 Å². The van der Waals surface area contributed by atoms with Crippen molar-refractivity contribution in [1.29, 1.82) is 5.26 Å². The number of hydrogen-bond donors (Lipinski definition) is 0. The zero-order chi connectivity index (χ0) is 18.3. The monoisotopic (exact) mass is 353 g/mol. The molecule has 0 N–H and O–H groups in total. The van der Waals surface area contributed by atoms with Crippen LogP contribution in [0, 0.1) is 51.8 Å². The van der Waals surface area contributed by atoms with Gasteiger partial charge in [-0.3, -0.25) is 4.79 Å². The predicted octanol–water partition coefficient (Wildman–Crippen LogP) is 4.67. The summed E-state index contributed by atoms with van der Waals surface area (Å²) in [5.74, 6) is 3.56. The summed E-state index contributed by atoms with van der Waals surface area (Å²) in [4.78, 5) is 12.0. The van der Waals surface area contributed by atoms with Crippen LogP contribution >= 0.6 is 0 Å². The number of fused-ring (bicyclic) bond motifs is 8. The second kappa shape index (κ2) is 5.44. The molecule has 1 saturated heterocycles. The summed E-state index contributed by atoms with van der Waals surface area (Å²) in [6.07, 6.45) is 10.1. The van der Waals surface area contributed by atoms with Crippen LogP contribution in [-0.2, 0) is 9.53 Å². The lowest BCUT2D eigenvalue weighted by molar-refractivity contribution is -0.117. The number of ether oxygens (including phenoxy) is 1. The Morgan fingerprint density at radius 1 is 1.27 bits per heavy atom. The minimum Gasteiger partial charge on any atom is -0.365 e. The lowest BCUT2D eigenvalue weighted by Crippen LogP contribution is -2.53. The van der Waals surface area contributed by atoms with E-state index in [9.17, 15) is 10.1 Å². The van der Waals surface area contributed by atoms with Gasteiger partial charge < -0.3 is 4.74 Å². The van der Waals surface area contributed by atoms with Gasteiger partial charge in [0.1, 0.15) is 6.10 Å². The Morgan fingerprint density at radius 2 is 2.08 bits per heavy atom. The van der Waals surface area contributed by atoms with Crippen LogP contribution in [0.15, 0.2) is 11.6 Å². The van der Waals surface area contributed by atoms with Crippen LogP contribution < -0.4 is 0 Å². The van der Waals surface area contributed by atoms with Gasteiger partial charge in [-0.15, -0.1) is 0 Å². The SMILES string of the molecule is C[C@H](CC#N)[C@H]1CCC2C3C(CC[C@@]21C)[C@@]1(C)CCC(=O)C=C1[C@H]1O[C@@H]31. The topological polar surface area (TPSA) is 53.4 Å². The fraction of sp³-hybridized carbons (Fsp3) is 0.826. The Morgan fingerprint density at radius 3 is 2.85 bits per heavy atom. The van der Waals surface area contributed by atoms with Crippen molar-refractivity contribution < 1.29 is 9.53 Å². The molecule has 0 radical (unpaired) electrons. The van der Waals surface area contributed by atoms with E-state index in [-0.39, 0.29) is 11.5 Å². The maximum Gasteiger partial charge on any atom is 0.155 e. The lowest BCUT2D eigenvalue weighted by atomic mass is 9.46. The second-order valence-corrected chi connectivity index (χ2v) is 10.4. The molecular formula is C23H31NO2. The highest BCUT2D eigenvalue weighted by Crippen LogP contribution is 2.70. The normalized spacial score (nSPS) is 52.7. The summed E-state index contributed by atoms with van der Waals surface area (Å²) in [5, 5.41) is 9.19. The Bertz CT molecular complexity index is 720. The van der Waals surface area contributed by atoms with Gasteiger partial charge in [-0.2, -0.15) is 5.26 Å². The lowest BCUT2D eigenvalue weighted by Gasteiger charge is -2.57. The van der Waals surface area contributed by atoms with Gasteiger partial charge in [0, 0.05) is 12.8 Å². The zero-order valence-corrected chi connectivity index (χ0v) is 16.3. The van der Waals surface area contributed by atoms with Crippen molar-refractivity contribution in [1.82, 2.24) is 0 Å². The second-order valence-electron chi connectivity index (χ2n) is 10.4. The smallest absolute Gasteiger partial charge is 0.155 e. The number of carbonyl (C=O) groups is 1. The molecule has 9 atom stereocenters. The number of ketones is 1. The van der Waals surface area contributed by atoms with Crippen LogP contribution in [0.1, 0.15) is 65.7 Å². The molecule has 5 aliphatic rings. The average Bonchev–Trinajstić information content (AvgIpc) is 3.31. The molecule has 0 aromatic heterocycles. The molecule has 4 fully saturated rings. The fourth-order valence-corrected chi connectivity index (χ4v) is 8.07. The quantitative estimate of drug-likeness (QED) is 0.678. The molecule has 3 unspecified atom stereocenters. The molecule has 140 valence electrons. The van der Waals surface area contributed by atoms with Crippen molar-refractivity contribution in [2.45, 2.75) is 77.9 Å². The van der Waals surface area contributed by atoms with E-state index < -0.39 is 0 Å². The Hall–Kier alpha value is -1.14. The van der Waals surface area contributed by atoms with Gasteiger partial charge >= 0.3 is 0 Å². The van der Waals surface area contributed by atoms with Gasteiger partial charge in [-0.05, 0) is 84.2 Å². The van der Waals surface area contributed by atoms with E-state index in [0.29, 0.717) is 53.8 Å².